The highest BCUT2D eigenvalue weighted by Crippen LogP contribution is 2.13. The average Bonchev–Trinajstić information content (AvgIpc) is 2.48. The Bertz CT molecular complexity index is 614. The molecule has 5 heteroatoms. The van der Waals surface area contributed by atoms with Crippen LogP contribution >= 0.6 is 28.1 Å². The van der Waals surface area contributed by atoms with Gasteiger partial charge in [-0.1, -0.05) is 46.3 Å². The van der Waals surface area contributed by atoms with Crippen molar-refractivity contribution in [2.24, 2.45) is 0 Å². The molecule has 0 spiro atoms. The van der Waals surface area contributed by atoms with Crippen molar-refractivity contribution >= 4 is 44.9 Å². The number of carbonyl (C=O) groups excluding carboxylic acids is 1. The Balaban J connectivity index is 1.77. The molecule has 2 aromatic carbocycles. The highest BCUT2D eigenvalue weighted by Gasteiger charge is 2.05. The normalized spacial score (nSPS) is 9.95. The van der Waals surface area contributed by atoms with Gasteiger partial charge in [0.1, 0.15) is 0 Å². The van der Waals surface area contributed by atoms with Gasteiger partial charge in [-0.2, -0.15) is 0 Å². The molecule has 21 heavy (non-hydrogen) atoms. The number of thiocarbonyl (C=S) groups is 1. The summed E-state index contributed by atoms with van der Waals surface area (Å²) >= 11 is 8.49. The second-order valence-electron chi connectivity index (χ2n) is 4.49. The van der Waals surface area contributed by atoms with Crippen LogP contribution in [0.25, 0.3) is 0 Å². The van der Waals surface area contributed by atoms with Crippen LogP contribution in [-0.2, 0) is 11.2 Å². The van der Waals surface area contributed by atoms with Crippen molar-refractivity contribution in [2.75, 3.05) is 5.32 Å². The first-order valence-electron chi connectivity index (χ1n) is 6.54. The zero-order chi connectivity index (χ0) is 15.1. The predicted molar refractivity (Wildman–Crippen MR) is 93.3 cm³/mol. The standard InChI is InChI=1S/C16H15BrN2OS/c17-13-7-9-14(10-8-13)18-16(21)19-15(20)11-6-12-4-2-1-3-5-12/h1-5,7-10H,6,11H2,(H2,18,19,20,21). The maximum absolute atomic E-state index is 11.8. The minimum atomic E-state index is -0.0894. The zero-order valence-corrected chi connectivity index (χ0v) is 13.7. The molecule has 0 atom stereocenters. The number of aryl methyl sites for hydroxylation is 1. The molecule has 0 aliphatic heterocycles. The van der Waals surface area contributed by atoms with Gasteiger partial charge in [-0.25, -0.2) is 0 Å². The Labute approximate surface area is 137 Å². The summed E-state index contributed by atoms with van der Waals surface area (Å²) < 4.78 is 0.992. The molecule has 0 aliphatic carbocycles. The molecular weight excluding hydrogens is 348 g/mol. The number of halogens is 1. The highest BCUT2D eigenvalue weighted by atomic mass is 79.9. The molecule has 0 aromatic heterocycles. The van der Waals surface area contributed by atoms with Gasteiger partial charge >= 0.3 is 0 Å². The van der Waals surface area contributed by atoms with E-state index in [-0.39, 0.29) is 5.91 Å². The lowest BCUT2D eigenvalue weighted by molar-refractivity contribution is -0.119. The van der Waals surface area contributed by atoms with Gasteiger partial charge in [-0.3, -0.25) is 4.79 Å². The summed E-state index contributed by atoms with van der Waals surface area (Å²) in [5.41, 5.74) is 1.98. The Morgan fingerprint density at radius 1 is 1.05 bits per heavy atom. The summed E-state index contributed by atoms with van der Waals surface area (Å²) in [4.78, 5) is 11.8. The van der Waals surface area contributed by atoms with Gasteiger partial charge in [0.05, 0.1) is 0 Å². The van der Waals surface area contributed by atoms with Gasteiger partial charge < -0.3 is 10.6 Å². The lowest BCUT2D eigenvalue weighted by Gasteiger charge is -2.09. The number of hydrogen-bond donors (Lipinski definition) is 2. The number of hydrogen-bond acceptors (Lipinski definition) is 2. The van der Waals surface area contributed by atoms with Crippen LogP contribution in [0.2, 0.25) is 0 Å². The summed E-state index contributed by atoms with van der Waals surface area (Å²) in [7, 11) is 0. The number of carbonyl (C=O) groups is 1. The molecule has 3 nitrogen and oxygen atoms in total. The SMILES string of the molecule is O=C(CCc1ccccc1)NC(=S)Nc1ccc(Br)cc1. The molecule has 2 rings (SSSR count). The smallest absolute Gasteiger partial charge is 0.226 e. The van der Waals surface area contributed by atoms with Crippen molar-refractivity contribution in [3.63, 3.8) is 0 Å². The Morgan fingerprint density at radius 2 is 1.71 bits per heavy atom. The van der Waals surface area contributed by atoms with Crippen molar-refractivity contribution in [3.8, 4) is 0 Å². The fraction of sp³-hybridized carbons (Fsp3) is 0.125. The molecule has 0 unspecified atom stereocenters. The third kappa shape index (κ3) is 5.65. The maximum atomic E-state index is 11.8. The van der Waals surface area contributed by atoms with Crippen LogP contribution in [0.1, 0.15) is 12.0 Å². The van der Waals surface area contributed by atoms with Crippen molar-refractivity contribution in [1.29, 1.82) is 0 Å². The second-order valence-corrected chi connectivity index (χ2v) is 5.82. The van der Waals surface area contributed by atoms with Crippen molar-refractivity contribution in [1.82, 2.24) is 5.32 Å². The molecule has 1 amide bonds. The van der Waals surface area contributed by atoms with Crippen molar-refractivity contribution < 1.29 is 4.79 Å². The van der Waals surface area contributed by atoms with Crippen LogP contribution in [0.15, 0.2) is 59.1 Å². The largest absolute Gasteiger partial charge is 0.332 e. The van der Waals surface area contributed by atoms with Gasteiger partial charge in [0.2, 0.25) is 5.91 Å². The van der Waals surface area contributed by atoms with E-state index in [2.05, 4.69) is 26.6 Å². The molecule has 2 N–H and O–H groups in total. The number of anilines is 1. The molecule has 2 aromatic rings. The quantitative estimate of drug-likeness (QED) is 0.810. The van der Waals surface area contributed by atoms with Crippen LogP contribution in [-0.4, -0.2) is 11.0 Å². The van der Waals surface area contributed by atoms with E-state index in [0.29, 0.717) is 18.0 Å². The number of nitrogens with one attached hydrogen (secondary N) is 2. The summed E-state index contributed by atoms with van der Waals surface area (Å²) in [5, 5.41) is 5.97. The molecule has 0 bridgehead atoms. The van der Waals surface area contributed by atoms with E-state index < -0.39 is 0 Å². The van der Waals surface area contributed by atoms with E-state index >= 15 is 0 Å². The van der Waals surface area contributed by atoms with Gasteiger partial charge in [0.15, 0.2) is 5.11 Å². The molecule has 108 valence electrons. The fourth-order valence-electron chi connectivity index (χ4n) is 1.79. The number of amides is 1. The van der Waals surface area contributed by atoms with E-state index in [1.54, 1.807) is 0 Å². The molecule has 0 heterocycles. The first kappa shape index (κ1) is 15.7. The lowest BCUT2D eigenvalue weighted by Crippen LogP contribution is -2.34. The maximum Gasteiger partial charge on any atom is 0.226 e. The van der Waals surface area contributed by atoms with Gasteiger partial charge in [-0.15, -0.1) is 0 Å². The molecular formula is C16H15BrN2OS. The highest BCUT2D eigenvalue weighted by molar-refractivity contribution is 9.10. The van der Waals surface area contributed by atoms with E-state index in [4.69, 9.17) is 12.2 Å². The first-order chi connectivity index (χ1) is 10.1. The first-order valence-corrected chi connectivity index (χ1v) is 7.74. The third-order valence-electron chi connectivity index (χ3n) is 2.84. The average molecular weight is 363 g/mol. The summed E-state index contributed by atoms with van der Waals surface area (Å²) in [6, 6.07) is 17.5. The summed E-state index contributed by atoms with van der Waals surface area (Å²) in [6.45, 7) is 0. The van der Waals surface area contributed by atoms with Crippen molar-refractivity contribution in [2.45, 2.75) is 12.8 Å². The van der Waals surface area contributed by atoms with Gasteiger partial charge in [0, 0.05) is 16.6 Å². The van der Waals surface area contributed by atoms with Crippen LogP contribution in [0.3, 0.4) is 0 Å². The Morgan fingerprint density at radius 3 is 2.38 bits per heavy atom. The van der Waals surface area contributed by atoms with Crippen LogP contribution in [0, 0.1) is 0 Å². The second kappa shape index (κ2) is 7.90. The lowest BCUT2D eigenvalue weighted by atomic mass is 10.1. The molecule has 0 saturated heterocycles. The predicted octanol–water partition coefficient (Wildman–Crippen LogP) is 3.89. The van der Waals surface area contributed by atoms with E-state index in [1.165, 1.54) is 0 Å². The number of benzene rings is 2. The fourth-order valence-corrected chi connectivity index (χ4v) is 2.28. The Kier molecular flexibility index (Phi) is 5.90. The molecule has 0 fully saturated rings. The topological polar surface area (TPSA) is 41.1 Å². The summed E-state index contributed by atoms with van der Waals surface area (Å²) in [5.74, 6) is -0.0894. The van der Waals surface area contributed by atoms with E-state index in [0.717, 1.165) is 15.7 Å². The zero-order valence-electron chi connectivity index (χ0n) is 11.3. The van der Waals surface area contributed by atoms with Gasteiger partial charge in [0.25, 0.3) is 0 Å². The van der Waals surface area contributed by atoms with Crippen molar-refractivity contribution in [3.05, 3.63) is 64.6 Å². The van der Waals surface area contributed by atoms with E-state index in [1.807, 2.05) is 54.6 Å². The monoisotopic (exact) mass is 362 g/mol. The molecule has 0 radical (unpaired) electrons. The third-order valence-corrected chi connectivity index (χ3v) is 3.57. The van der Waals surface area contributed by atoms with E-state index in [9.17, 15) is 4.79 Å². The number of rotatable bonds is 4. The minimum Gasteiger partial charge on any atom is -0.332 e. The van der Waals surface area contributed by atoms with Crippen LogP contribution in [0.5, 0.6) is 0 Å². The molecule has 0 saturated carbocycles. The molecule has 0 aliphatic rings. The Hall–Kier alpha value is -1.72. The van der Waals surface area contributed by atoms with Gasteiger partial charge in [-0.05, 0) is 48.5 Å². The minimum absolute atomic E-state index is 0.0894. The van der Waals surface area contributed by atoms with Crippen LogP contribution in [0.4, 0.5) is 5.69 Å². The van der Waals surface area contributed by atoms with Crippen LogP contribution < -0.4 is 10.6 Å². The summed E-state index contributed by atoms with van der Waals surface area (Å²) in [6.07, 6.45) is 1.11.